The molecule has 0 aromatic carbocycles. The molecule has 0 bridgehead atoms. The van der Waals surface area contributed by atoms with Gasteiger partial charge in [0.1, 0.15) is 5.54 Å². The van der Waals surface area contributed by atoms with Gasteiger partial charge in [0, 0.05) is 25.3 Å². The number of anilines is 1. The zero-order chi connectivity index (χ0) is 19.8. The van der Waals surface area contributed by atoms with Crippen LogP contribution in [0.4, 0.5) is 10.7 Å². The lowest BCUT2D eigenvalue weighted by Gasteiger charge is -2.42. The quantitative estimate of drug-likeness (QED) is 0.621. The number of rotatable bonds is 4. The van der Waals surface area contributed by atoms with Crippen LogP contribution in [-0.2, 0) is 9.53 Å². The summed E-state index contributed by atoms with van der Waals surface area (Å²) < 4.78 is 4.74. The Morgan fingerprint density at radius 2 is 1.96 bits per heavy atom. The van der Waals surface area contributed by atoms with Crippen LogP contribution in [-0.4, -0.2) is 65.1 Å². The first-order valence-corrected chi connectivity index (χ1v) is 9.09. The molecule has 0 atom stereocenters. The third-order valence-corrected chi connectivity index (χ3v) is 5.06. The highest BCUT2D eigenvalue weighted by atomic mass is 16.5. The number of esters is 1. The fourth-order valence-electron chi connectivity index (χ4n) is 3.70. The van der Waals surface area contributed by atoms with E-state index in [0.717, 1.165) is 0 Å². The fraction of sp³-hybridized carbons (Fsp3) is 0.611. The molecule has 3 amide bonds. The molecular weight excluding hydrogens is 350 g/mol. The van der Waals surface area contributed by atoms with Gasteiger partial charge in [-0.25, -0.2) is 19.6 Å². The average Bonchev–Trinajstić information content (AvgIpc) is 2.85. The highest BCUT2D eigenvalue weighted by molar-refractivity contribution is 6.07. The molecule has 1 spiro atoms. The van der Waals surface area contributed by atoms with Gasteiger partial charge in [-0.05, 0) is 31.7 Å². The first-order chi connectivity index (χ1) is 12.8. The first kappa shape index (κ1) is 19.1. The van der Waals surface area contributed by atoms with E-state index in [2.05, 4.69) is 15.3 Å². The van der Waals surface area contributed by atoms with Crippen LogP contribution in [0.5, 0.6) is 0 Å². The zero-order valence-corrected chi connectivity index (χ0v) is 16.1. The van der Waals surface area contributed by atoms with Crippen molar-refractivity contribution >= 4 is 23.9 Å². The van der Waals surface area contributed by atoms with Gasteiger partial charge < -0.3 is 14.5 Å². The number of nitrogens with one attached hydrogen (secondary N) is 1. The standard InChI is InChI=1S/C18H25N5O4/c1-11(2)10-23-17(26)21-15(25)18(23)5-7-22(8-6-18)16-19-12(3)9-13(20-16)14(24)27-4/h9,11H,5-8,10H2,1-4H3,(H,21,25,26). The number of hydrogen-bond acceptors (Lipinski definition) is 7. The average molecular weight is 375 g/mol. The van der Waals surface area contributed by atoms with Gasteiger partial charge in [-0.15, -0.1) is 0 Å². The maximum Gasteiger partial charge on any atom is 0.356 e. The Labute approximate surface area is 158 Å². The van der Waals surface area contributed by atoms with Gasteiger partial charge in [0.25, 0.3) is 5.91 Å². The number of methoxy groups -OCH3 is 1. The summed E-state index contributed by atoms with van der Waals surface area (Å²) in [6.07, 6.45) is 0.976. The van der Waals surface area contributed by atoms with E-state index >= 15 is 0 Å². The van der Waals surface area contributed by atoms with Crippen LogP contribution in [0.1, 0.15) is 42.9 Å². The van der Waals surface area contributed by atoms with Crippen molar-refractivity contribution in [1.82, 2.24) is 20.2 Å². The predicted octanol–water partition coefficient (Wildman–Crippen LogP) is 1.12. The summed E-state index contributed by atoms with van der Waals surface area (Å²) in [6.45, 7) is 7.39. The van der Waals surface area contributed by atoms with E-state index in [1.165, 1.54) is 7.11 Å². The number of urea groups is 1. The zero-order valence-electron chi connectivity index (χ0n) is 16.1. The van der Waals surface area contributed by atoms with Crippen molar-refractivity contribution in [1.29, 1.82) is 0 Å². The van der Waals surface area contributed by atoms with Crippen molar-refractivity contribution in [2.75, 3.05) is 31.6 Å². The molecule has 1 aromatic rings. The first-order valence-electron chi connectivity index (χ1n) is 9.09. The molecule has 2 aliphatic heterocycles. The smallest absolute Gasteiger partial charge is 0.356 e. The molecule has 9 heteroatoms. The Kier molecular flexibility index (Phi) is 5.03. The molecule has 3 rings (SSSR count). The number of imide groups is 1. The Morgan fingerprint density at radius 3 is 2.56 bits per heavy atom. The number of carbonyl (C=O) groups is 3. The maximum atomic E-state index is 12.5. The molecule has 0 radical (unpaired) electrons. The van der Waals surface area contributed by atoms with E-state index in [1.807, 2.05) is 18.7 Å². The minimum absolute atomic E-state index is 0.204. The SMILES string of the molecule is COC(=O)c1cc(C)nc(N2CCC3(CC2)C(=O)NC(=O)N3CC(C)C)n1. The number of nitrogens with zero attached hydrogens (tertiary/aromatic N) is 4. The molecule has 0 saturated carbocycles. The molecule has 0 aliphatic carbocycles. The number of ether oxygens (including phenoxy) is 1. The normalized spacial score (nSPS) is 19.0. The Hall–Kier alpha value is -2.71. The number of piperidine rings is 1. The minimum atomic E-state index is -0.813. The summed E-state index contributed by atoms with van der Waals surface area (Å²) in [5.41, 5.74) is 0.0544. The van der Waals surface area contributed by atoms with Gasteiger partial charge in [-0.3, -0.25) is 10.1 Å². The fourth-order valence-corrected chi connectivity index (χ4v) is 3.70. The van der Waals surface area contributed by atoms with Gasteiger partial charge in [0.15, 0.2) is 5.69 Å². The second kappa shape index (κ2) is 7.13. The predicted molar refractivity (Wildman–Crippen MR) is 97.4 cm³/mol. The molecule has 2 saturated heterocycles. The van der Waals surface area contributed by atoms with Crippen molar-refractivity contribution in [3.05, 3.63) is 17.5 Å². The van der Waals surface area contributed by atoms with Crippen LogP contribution < -0.4 is 10.2 Å². The van der Waals surface area contributed by atoms with E-state index in [4.69, 9.17) is 4.74 Å². The van der Waals surface area contributed by atoms with E-state index in [0.29, 0.717) is 44.1 Å². The molecule has 2 fully saturated rings. The van der Waals surface area contributed by atoms with Gasteiger partial charge in [-0.2, -0.15) is 0 Å². The van der Waals surface area contributed by atoms with Gasteiger partial charge in [-0.1, -0.05) is 13.8 Å². The lowest BCUT2D eigenvalue weighted by Crippen LogP contribution is -2.57. The lowest BCUT2D eigenvalue weighted by atomic mass is 9.85. The van der Waals surface area contributed by atoms with Crippen LogP contribution in [0.3, 0.4) is 0 Å². The maximum absolute atomic E-state index is 12.5. The number of aromatic nitrogens is 2. The third-order valence-electron chi connectivity index (χ3n) is 5.06. The molecule has 2 aliphatic rings. The monoisotopic (exact) mass is 375 g/mol. The van der Waals surface area contributed by atoms with E-state index in [1.54, 1.807) is 17.9 Å². The molecule has 0 unspecified atom stereocenters. The molecule has 146 valence electrons. The molecule has 27 heavy (non-hydrogen) atoms. The molecule has 1 N–H and O–H groups in total. The van der Waals surface area contributed by atoms with Crippen molar-refractivity contribution in [2.24, 2.45) is 5.92 Å². The van der Waals surface area contributed by atoms with Gasteiger partial charge in [0.2, 0.25) is 5.95 Å². The van der Waals surface area contributed by atoms with Gasteiger partial charge >= 0.3 is 12.0 Å². The van der Waals surface area contributed by atoms with Crippen LogP contribution in [0.15, 0.2) is 6.07 Å². The second-order valence-corrected chi connectivity index (χ2v) is 7.47. The van der Waals surface area contributed by atoms with Crippen molar-refractivity contribution < 1.29 is 19.1 Å². The van der Waals surface area contributed by atoms with Crippen LogP contribution >= 0.6 is 0 Å². The van der Waals surface area contributed by atoms with E-state index in [9.17, 15) is 14.4 Å². The highest BCUT2D eigenvalue weighted by Crippen LogP contribution is 2.34. The van der Waals surface area contributed by atoms with Gasteiger partial charge in [0.05, 0.1) is 7.11 Å². The third kappa shape index (κ3) is 3.45. The van der Waals surface area contributed by atoms with Crippen molar-refractivity contribution in [3.63, 3.8) is 0 Å². The highest BCUT2D eigenvalue weighted by Gasteiger charge is 2.54. The minimum Gasteiger partial charge on any atom is -0.464 e. The summed E-state index contributed by atoms with van der Waals surface area (Å²) in [5, 5.41) is 2.47. The van der Waals surface area contributed by atoms with Crippen LogP contribution in [0, 0.1) is 12.8 Å². The summed E-state index contributed by atoms with van der Waals surface area (Å²) >= 11 is 0. The summed E-state index contributed by atoms with van der Waals surface area (Å²) in [5.74, 6) is -0.0445. The Balaban J connectivity index is 1.80. The lowest BCUT2D eigenvalue weighted by molar-refractivity contribution is -0.127. The largest absolute Gasteiger partial charge is 0.464 e. The number of aryl methyl sites for hydroxylation is 1. The van der Waals surface area contributed by atoms with Crippen LogP contribution in [0.2, 0.25) is 0 Å². The molecular formula is C18H25N5O4. The summed E-state index contributed by atoms with van der Waals surface area (Å²) in [6, 6.07) is 1.26. The second-order valence-electron chi connectivity index (χ2n) is 7.47. The van der Waals surface area contributed by atoms with Crippen molar-refractivity contribution in [2.45, 2.75) is 39.2 Å². The number of carbonyl (C=O) groups excluding carboxylic acids is 3. The summed E-state index contributed by atoms with van der Waals surface area (Å²) in [4.78, 5) is 48.9. The van der Waals surface area contributed by atoms with Crippen LogP contribution in [0.25, 0.3) is 0 Å². The Morgan fingerprint density at radius 1 is 1.30 bits per heavy atom. The molecule has 1 aromatic heterocycles. The number of amides is 3. The van der Waals surface area contributed by atoms with Crippen molar-refractivity contribution in [3.8, 4) is 0 Å². The van der Waals surface area contributed by atoms with E-state index < -0.39 is 11.5 Å². The summed E-state index contributed by atoms with van der Waals surface area (Å²) in [7, 11) is 1.31. The van der Waals surface area contributed by atoms with E-state index in [-0.39, 0.29) is 23.6 Å². The molecule has 9 nitrogen and oxygen atoms in total. The number of hydrogen-bond donors (Lipinski definition) is 1. The Bertz CT molecular complexity index is 771. The topological polar surface area (TPSA) is 105 Å². The molecule has 3 heterocycles.